The van der Waals surface area contributed by atoms with Crippen LogP contribution in [-0.2, 0) is 14.8 Å². The van der Waals surface area contributed by atoms with E-state index in [1.807, 2.05) is 26.0 Å². The summed E-state index contributed by atoms with van der Waals surface area (Å²) in [6.45, 7) is 3.51. The molecule has 3 rings (SSSR count). The highest BCUT2D eigenvalue weighted by Crippen LogP contribution is 2.23. The highest BCUT2D eigenvalue weighted by Gasteiger charge is 2.15. The van der Waals surface area contributed by atoms with E-state index in [-0.39, 0.29) is 16.6 Å². The molecule has 0 atom stereocenters. The lowest BCUT2D eigenvalue weighted by molar-refractivity contribution is -0.121. The minimum atomic E-state index is -3.76. The molecule has 172 valence electrons. The molecule has 0 saturated heterocycles. The molecule has 0 spiro atoms. The van der Waals surface area contributed by atoms with Gasteiger partial charge in [-0.2, -0.15) is 0 Å². The minimum Gasteiger partial charge on any atom is -0.482 e. The Labute approximate surface area is 203 Å². The highest BCUT2D eigenvalue weighted by atomic mass is 35.5. The minimum absolute atomic E-state index is 0.0479. The largest absolute Gasteiger partial charge is 0.482 e. The van der Waals surface area contributed by atoms with E-state index in [1.54, 1.807) is 42.5 Å². The molecule has 1 amide bonds. The average molecular weight is 504 g/mol. The number of hydrogen-bond donors (Lipinski definition) is 3. The predicted octanol–water partition coefficient (Wildman–Crippen LogP) is 4.65. The maximum atomic E-state index is 12.7. The van der Waals surface area contributed by atoms with Gasteiger partial charge in [0.1, 0.15) is 5.75 Å². The first kappa shape index (κ1) is 24.5. The molecule has 3 aromatic carbocycles. The summed E-state index contributed by atoms with van der Waals surface area (Å²) >= 11 is 11.1. The number of halogens is 1. The summed E-state index contributed by atoms with van der Waals surface area (Å²) < 4.78 is 33.3. The van der Waals surface area contributed by atoms with Crippen LogP contribution in [0.5, 0.6) is 5.75 Å². The van der Waals surface area contributed by atoms with Gasteiger partial charge in [-0.25, -0.2) is 8.42 Å². The van der Waals surface area contributed by atoms with Crippen molar-refractivity contribution in [3.8, 4) is 5.75 Å². The highest BCUT2D eigenvalue weighted by molar-refractivity contribution is 7.92. The number of carbonyl (C=O) groups is 1. The molecular weight excluding hydrogens is 482 g/mol. The zero-order valence-corrected chi connectivity index (χ0v) is 20.3. The van der Waals surface area contributed by atoms with Crippen LogP contribution >= 0.6 is 23.8 Å². The number of sulfonamides is 1. The summed E-state index contributed by atoms with van der Waals surface area (Å²) in [7, 11) is -3.76. The van der Waals surface area contributed by atoms with Gasteiger partial charge in [-0.1, -0.05) is 41.4 Å². The number of para-hydroxylation sites is 1. The fourth-order valence-electron chi connectivity index (χ4n) is 2.88. The number of amides is 1. The summed E-state index contributed by atoms with van der Waals surface area (Å²) in [5.74, 6) is -0.0799. The van der Waals surface area contributed by atoms with E-state index in [9.17, 15) is 13.2 Å². The SMILES string of the molecule is Cc1ccc(NS(=O)(=O)c2ccc(NC(=S)NC(=O)COc3ccccc3Cl)cc2)c(C)c1. The van der Waals surface area contributed by atoms with E-state index in [0.717, 1.165) is 11.1 Å². The van der Waals surface area contributed by atoms with Crippen molar-refractivity contribution in [1.82, 2.24) is 5.32 Å². The summed E-state index contributed by atoms with van der Waals surface area (Å²) in [5.41, 5.74) is 2.91. The van der Waals surface area contributed by atoms with Gasteiger partial charge in [-0.15, -0.1) is 0 Å². The van der Waals surface area contributed by atoms with Crippen LogP contribution < -0.4 is 20.1 Å². The normalized spacial score (nSPS) is 10.9. The van der Waals surface area contributed by atoms with Crippen molar-refractivity contribution in [2.45, 2.75) is 18.7 Å². The van der Waals surface area contributed by atoms with Crippen LogP contribution in [0, 0.1) is 13.8 Å². The van der Waals surface area contributed by atoms with Crippen molar-refractivity contribution >= 4 is 56.2 Å². The van der Waals surface area contributed by atoms with Crippen LogP contribution in [0.15, 0.2) is 71.6 Å². The topological polar surface area (TPSA) is 96.5 Å². The molecule has 0 aromatic heterocycles. The second kappa shape index (κ2) is 10.7. The molecule has 0 aliphatic carbocycles. The zero-order chi connectivity index (χ0) is 24.0. The number of aryl methyl sites for hydroxylation is 2. The van der Waals surface area contributed by atoms with Gasteiger partial charge in [0.25, 0.3) is 15.9 Å². The third kappa shape index (κ3) is 6.92. The molecule has 0 heterocycles. The first-order valence-corrected chi connectivity index (χ1v) is 12.1. The first-order valence-electron chi connectivity index (χ1n) is 9.82. The van der Waals surface area contributed by atoms with Crippen molar-refractivity contribution in [3.05, 3.63) is 82.9 Å². The van der Waals surface area contributed by atoms with Gasteiger partial charge in [0, 0.05) is 5.69 Å². The molecule has 0 radical (unpaired) electrons. The molecule has 0 aliphatic heterocycles. The number of anilines is 2. The van der Waals surface area contributed by atoms with Gasteiger partial charge < -0.3 is 10.1 Å². The first-order chi connectivity index (χ1) is 15.6. The van der Waals surface area contributed by atoms with Crippen LogP contribution in [-0.4, -0.2) is 26.0 Å². The Hall–Kier alpha value is -3.14. The molecule has 0 aliphatic rings. The molecule has 7 nitrogen and oxygen atoms in total. The molecule has 33 heavy (non-hydrogen) atoms. The van der Waals surface area contributed by atoms with Crippen LogP contribution in [0.2, 0.25) is 5.02 Å². The Morgan fingerprint density at radius 2 is 1.73 bits per heavy atom. The van der Waals surface area contributed by atoms with Crippen molar-refractivity contribution in [1.29, 1.82) is 0 Å². The number of rotatable bonds is 7. The Morgan fingerprint density at radius 3 is 2.39 bits per heavy atom. The number of ether oxygens (including phenoxy) is 1. The van der Waals surface area contributed by atoms with Gasteiger partial charge in [0.15, 0.2) is 11.7 Å². The number of carbonyl (C=O) groups excluding carboxylic acids is 1. The average Bonchev–Trinajstić information content (AvgIpc) is 2.75. The number of thiocarbonyl (C=S) groups is 1. The fraction of sp³-hybridized carbons (Fsp3) is 0.130. The lowest BCUT2D eigenvalue weighted by Gasteiger charge is -2.13. The van der Waals surface area contributed by atoms with Gasteiger partial charge >= 0.3 is 0 Å². The van der Waals surface area contributed by atoms with Crippen molar-refractivity contribution in [3.63, 3.8) is 0 Å². The van der Waals surface area contributed by atoms with Gasteiger partial charge in [-0.3, -0.25) is 14.8 Å². The van der Waals surface area contributed by atoms with Crippen LogP contribution in [0.1, 0.15) is 11.1 Å². The van der Waals surface area contributed by atoms with E-state index in [4.69, 9.17) is 28.6 Å². The molecule has 3 N–H and O–H groups in total. The standard InChI is InChI=1S/C23H22ClN3O4S2/c1-15-7-12-20(16(2)13-15)27-33(29,30)18-10-8-17(9-11-18)25-23(32)26-22(28)14-31-21-6-4-3-5-19(21)24/h3-13,27H,14H2,1-2H3,(H2,25,26,28,32). The van der Waals surface area contributed by atoms with Gasteiger partial charge in [-0.05, 0) is 74.1 Å². The molecular formula is C23H22ClN3O4S2. The lowest BCUT2D eigenvalue weighted by Crippen LogP contribution is -2.37. The van der Waals surface area contributed by atoms with E-state index in [0.29, 0.717) is 22.1 Å². The number of hydrogen-bond acceptors (Lipinski definition) is 5. The van der Waals surface area contributed by atoms with E-state index in [2.05, 4.69) is 15.4 Å². The summed E-state index contributed by atoms with van der Waals surface area (Å²) in [4.78, 5) is 12.1. The number of benzene rings is 3. The maximum Gasteiger partial charge on any atom is 0.264 e. The Morgan fingerprint density at radius 1 is 1.03 bits per heavy atom. The third-order valence-electron chi connectivity index (χ3n) is 4.50. The maximum absolute atomic E-state index is 12.7. The van der Waals surface area contributed by atoms with E-state index in [1.165, 1.54) is 12.1 Å². The Kier molecular flexibility index (Phi) is 7.91. The quantitative estimate of drug-likeness (QED) is 0.406. The summed E-state index contributed by atoms with van der Waals surface area (Å²) in [6.07, 6.45) is 0. The summed E-state index contributed by atoms with van der Waals surface area (Å²) in [6, 6.07) is 18.3. The second-order valence-corrected chi connectivity index (χ2v) is 9.67. The van der Waals surface area contributed by atoms with E-state index < -0.39 is 15.9 Å². The molecule has 0 saturated carbocycles. The fourth-order valence-corrected chi connectivity index (χ4v) is 4.43. The van der Waals surface area contributed by atoms with Gasteiger partial charge in [0.2, 0.25) is 0 Å². The third-order valence-corrected chi connectivity index (χ3v) is 6.39. The number of nitrogens with one attached hydrogen (secondary N) is 3. The van der Waals surface area contributed by atoms with Gasteiger partial charge in [0.05, 0.1) is 15.6 Å². The Bertz CT molecular complexity index is 1280. The monoisotopic (exact) mass is 503 g/mol. The van der Waals surface area contributed by atoms with E-state index >= 15 is 0 Å². The van der Waals surface area contributed by atoms with Crippen LogP contribution in [0.3, 0.4) is 0 Å². The molecule has 0 fully saturated rings. The van der Waals surface area contributed by atoms with Crippen molar-refractivity contribution < 1.29 is 17.9 Å². The van der Waals surface area contributed by atoms with Crippen molar-refractivity contribution in [2.75, 3.05) is 16.6 Å². The lowest BCUT2D eigenvalue weighted by atomic mass is 10.1. The molecule has 0 unspecified atom stereocenters. The van der Waals surface area contributed by atoms with Crippen LogP contribution in [0.4, 0.5) is 11.4 Å². The molecule has 10 heteroatoms. The molecule has 3 aromatic rings. The summed E-state index contributed by atoms with van der Waals surface area (Å²) in [5, 5.41) is 5.76. The second-order valence-electron chi connectivity index (χ2n) is 7.17. The predicted molar refractivity (Wildman–Crippen MR) is 134 cm³/mol. The zero-order valence-electron chi connectivity index (χ0n) is 17.9. The van der Waals surface area contributed by atoms with Crippen LogP contribution in [0.25, 0.3) is 0 Å². The Balaban J connectivity index is 1.55. The molecule has 0 bridgehead atoms. The van der Waals surface area contributed by atoms with Crippen molar-refractivity contribution in [2.24, 2.45) is 0 Å². The smallest absolute Gasteiger partial charge is 0.264 e.